The first-order chi connectivity index (χ1) is 8.61. The third-order valence-corrected chi connectivity index (χ3v) is 4.21. The molecule has 0 bridgehead atoms. The van der Waals surface area contributed by atoms with Crippen LogP contribution >= 0.6 is 11.8 Å². The number of aliphatic hydroxyl groups is 1. The van der Waals surface area contributed by atoms with E-state index in [-0.39, 0.29) is 23.8 Å². The van der Waals surface area contributed by atoms with Gasteiger partial charge in [0.25, 0.3) is 0 Å². The van der Waals surface area contributed by atoms with E-state index in [1.54, 1.807) is 11.8 Å². The molecule has 1 aliphatic heterocycles. The molecule has 4 N–H and O–H groups in total. The van der Waals surface area contributed by atoms with Gasteiger partial charge in [0.15, 0.2) is 0 Å². The summed E-state index contributed by atoms with van der Waals surface area (Å²) in [7, 11) is 0. The van der Waals surface area contributed by atoms with Gasteiger partial charge in [0.1, 0.15) is 0 Å². The Balaban J connectivity index is 2.17. The Kier molecular flexibility index (Phi) is 4.27. The van der Waals surface area contributed by atoms with Gasteiger partial charge in [0.05, 0.1) is 10.9 Å². The summed E-state index contributed by atoms with van der Waals surface area (Å²) in [6.07, 6.45) is 1.43. The zero-order valence-corrected chi connectivity index (χ0v) is 11.2. The number of nitrogens with one attached hydrogen (secondary N) is 1. The predicted molar refractivity (Wildman–Crippen MR) is 73.6 cm³/mol. The smallest absolute Gasteiger partial charge is 0.237 e. The number of anilines is 1. The van der Waals surface area contributed by atoms with Crippen LogP contribution < -0.4 is 11.1 Å². The molecule has 1 heterocycles. The molecule has 2 rings (SSSR count). The molecule has 1 aliphatic rings. The predicted octanol–water partition coefficient (Wildman–Crippen LogP) is 1.89. The van der Waals surface area contributed by atoms with Gasteiger partial charge in [0.2, 0.25) is 5.91 Å². The number of benzene rings is 1. The average molecular weight is 266 g/mol. The molecule has 0 aliphatic carbocycles. The second-order valence-corrected chi connectivity index (χ2v) is 5.86. The second kappa shape index (κ2) is 5.73. The van der Waals surface area contributed by atoms with Crippen molar-refractivity contribution in [2.45, 2.75) is 36.0 Å². The minimum Gasteiger partial charge on any atom is -0.396 e. The van der Waals surface area contributed by atoms with E-state index in [1.165, 1.54) is 0 Å². The highest BCUT2D eigenvalue weighted by atomic mass is 32.2. The largest absolute Gasteiger partial charge is 0.396 e. The molecule has 2 atom stereocenters. The third kappa shape index (κ3) is 2.85. The van der Waals surface area contributed by atoms with Crippen molar-refractivity contribution in [1.82, 2.24) is 0 Å². The molecule has 0 aromatic heterocycles. The van der Waals surface area contributed by atoms with Crippen LogP contribution in [0.2, 0.25) is 0 Å². The van der Waals surface area contributed by atoms with Crippen molar-refractivity contribution in [2.24, 2.45) is 5.73 Å². The van der Waals surface area contributed by atoms with Crippen molar-refractivity contribution in [3.8, 4) is 0 Å². The fraction of sp³-hybridized carbons (Fsp3) is 0.462. The lowest BCUT2D eigenvalue weighted by atomic mass is 10.0. The fourth-order valence-corrected chi connectivity index (χ4v) is 2.87. The van der Waals surface area contributed by atoms with Gasteiger partial charge in [-0.2, -0.15) is 0 Å². The number of hydrogen-bond donors (Lipinski definition) is 3. The Morgan fingerprint density at radius 2 is 2.33 bits per heavy atom. The van der Waals surface area contributed by atoms with Crippen molar-refractivity contribution in [2.75, 3.05) is 11.9 Å². The molecule has 5 heteroatoms. The molecule has 1 aromatic carbocycles. The normalized spacial score (nSPS) is 20.2. The van der Waals surface area contributed by atoms with Crippen LogP contribution in [0.25, 0.3) is 0 Å². The fourth-order valence-electron chi connectivity index (χ4n) is 1.93. The monoisotopic (exact) mass is 266 g/mol. The molecule has 1 amide bonds. The quantitative estimate of drug-likeness (QED) is 0.778. The van der Waals surface area contributed by atoms with Gasteiger partial charge >= 0.3 is 0 Å². The minimum absolute atomic E-state index is 0.0357. The van der Waals surface area contributed by atoms with E-state index in [4.69, 9.17) is 10.8 Å². The van der Waals surface area contributed by atoms with Crippen LogP contribution in [0.1, 0.15) is 31.4 Å². The van der Waals surface area contributed by atoms with Crippen molar-refractivity contribution in [3.63, 3.8) is 0 Å². The Labute approximate surface area is 111 Å². The number of carbonyl (C=O) groups excluding carboxylic acids is 1. The number of amides is 1. The molecule has 0 spiro atoms. The summed E-state index contributed by atoms with van der Waals surface area (Å²) in [5, 5.41) is 11.6. The summed E-state index contributed by atoms with van der Waals surface area (Å²) >= 11 is 1.57. The number of aliphatic hydroxyl groups excluding tert-OH is 1. The highest BCUT2D eigenvalue weighted by Crippen LogP contribution is 2.36. The SMILES string of the molecule is CC1Sc2ccc(C(N)CCCO)cc2NC1=O. The Bertz CT molecular complexity index is 451. The number of thioether (sulfide) groups is 1. The standard InChI is InChI=1S/C13H18N2O2S/c1-8-13(17)15-11-7-9(4-5-12(11)18-8)10(14)3-2-6-16/h4-5,7-8,10,16H,2-3,6,14H2,1H3,(H,15,17). The highest BCUT2D eigenvalue weighted by Gasteiger charge is 2.23. The zero-order chi connectivity index (χ0) is 13.1. The lowest BCUT2D eigenvalue weighted by Crippen LogP contribution is -2.26. The van der Waals surface area contributed by atoms with Crippen LogP contribution in [0, 0.1) is 0 Å². The average Bonchev–Trinajstić information content (AvgIpc) is 2.36. The molecule has 98 valence electrons. The number of nitrogens with two attached hydrogens (primary N) is 1. The molecular formula is C13H18N2O2S. The van der Waals surface area contributed by atoms with E-state index < -0.39 is 0 Å². The third-order valence-electron chi connectivity index (χ3n) is 3.04. The Morgan fingerprint density at radius 1 is 1.56 bits per heavy atom. The van der Waals surface area contributed by atoms with E-state index in [2.05, 4.69) is 5.32 Å². The van der Waals surface area contributed by atoms with E-state index in [0.717, 1.165) is 22.6 Å². The first-order valence-electron chi connectivity index (χ1n) is 6.09. The van der Waals surface area contributed by atoms with Crippen molar-refractivity contribution in [1.29, 1.82) is 0 Å². The van der Waals surface area contributed by atoms with Gasteiger partial charge in [-0.3, -0.25) is 4.79 Å². The van der Waals surface area contributed by atoms with E-state index in [9.17, 15) is 4.79 Å². The summed E-state index contributed by atoms with van der Waals surface area (Å²) < 4.78 is 0. The maximum absolute atomic E-state index is 11.6. The summed E-state index contributed by atoms with van der Waals surface area (Å²) in [6.45, 7) is 2.05. The number of carbonyl (C=O) groups is 1. The van der Waals surface area contributed by atoms with Crippen LogP contribution in [0.3, 0.4) is 0 Å². The maximum atomic E-state index is 11.6. The summed E-state index contributed by atoms with van der Waals surface area (Å²) in [5.41, 5.74) is 7.89. The van der Waals surface area contributed by atoms with Gasteiger partial charge in [-0.25, -0.2) is 0 Å². The Hall–Kier alpha value is -1.04. The van der Waals surface area contributed by atoms with Gasteiger partial charge in [0, 0.05) is 17.5 Å². The van der Waals surface area contributed by atoms with Gasteiger partial charge in [-0.05, 0) is 37.5 Å². The molecular weight excluding hydrogens is 248 g/mol. The van der Waals surface area contributed by atoms with Crippen LogP contribution in [-0.4, -0.2) is 22.9 Å². The topological polar surface area (TPSA) is 75.3 Å². The van der Waals surface area contributed by atoms with Crippen molar-refractivity contribution >= 4 is 23.4 Å². The molecule has 1 aromatic rings. The Morgan fingerprint density at radius 3 is 3.06 bits per heavy atom. The summed E-state index contributed by atoms with van der Waals surface area (Å²) in [6, 6.07) is 5.85. The van der Waals surface area contributed by atoms with Gasteiger partial charge in [-0.15, -0.1) is 11.8 Å². The molecule has 0 saturated heterocycles. The van der Waals surface area contributed by atoms with Crippen LogP contribution in [0.5, 0.6) is 0 Å². The van der Waals surface area contributed by atoms with E-state index in [0.29, 0.717) is 6.42 Å². The number of hydrogen-bond acceptors (Lipinski definition) is 4. The number of rotatable bonds is 4. The molecule has 2 unspecified atom stereocenters. The van der Waals surface area contributed by atoms with Crippen LogP contribution in [0.15, 0.2) is 23.1 Å². The molecule has 0 radical (unpaired) electrons. The van der Waals surface area contributed by atoms with Crippen LogP contribution in [-0.2, 0) is 4.79 Å². The van der Waals surface area contributed by atoms with Gasteiger partial charge < -0.3 is 16.2 Å². The molecule has 4 nitrogen and oxygen atoms in total. The van der Waals surface area contributed by atoms with Crippen LogP contribution in [0.4, 0.5) is 5.69 Å². The first kappa shape index (κ1) is 13.4. The van der Waals surface area contributed by atoms with Crippen molar-refractivity contribution < 1.29 is 9.90 Å². The zero-order valence-electron chi connectivity index (χ0n) is 10.3. The van der Waals surface area contributed by atoms with E-state index in [1.807, 2.05) is 25.1 Å². The lowest BCUT2D eigenvalue weighted by molar-refractivity contribution is -0.115. The minimum atomic E-state index is -0.0938. The lowest BCUT2D eigenvalue weighted by Gasteiger charge is -2.23. The summed E-state index contributed by atoms with van der Waals surface area (Å²) in [5.74, 6) is 0.0357. The molecule has 0 fully saturated rings. The van der Waals surface area contributed by atoms with Crippen molar-refractivity contribution in [3.05, 3.63) is 23.8 Å². The second-order valence-electron chi connectivity index (χ2n) is 4.48. The first-order valence-corrected chi connectivity index (χ1v) is 6.97. The molecule has 0 saturated carbocycles. The maximum Gasteiger partial charge on any atom is 0.237 e. The molecule has 18 heavy (non-hydrogen) atoms. The summed E-state index contributed by atoms with van der Waals surface area (Å²) in [4.78, 5) is 12.7. The van der Waals surface area contributed by atoms with Gasteiger partial charge in [-0.1, -0.05) is 6.07 Å². The highest BCUT2D eigenvalue weighted by molar-refractivity contribution is 8.00. The number of fused-ring (bicyclic) bond motifs is 1. The van der Waals surface area contributed by atoms with E-state index >= 15 is 0 Å².